The van der Waals surface area contributed by atoms with Crippen molar-refractivity contribution in [3.8, 4) is 17.2 Å². The molecule has 0 spiro atoms. The number of hydrogen-bond acceptors (Lipinski definition) is 16. The van der Waals surface area contributed by atoms with Crippen molar-refractivity contribution in [3.63, 3.8) is 0 Å². The van der Waals surface area contributed by atoms with Crippen molar-refractivity contribution in [2.45, 2.75) is 134 Å². The number of carbonyl (C=O) groups excluding carboxylic acids is 9. The fourth-order valence-electron chi connectivity index (χ4n) is 12.4. The summed E-state index contributed by atoms with van der Waals surface area (Å²) in [6.45, 7) is 7.49. The van der Waals surface area contributed by atoms with Crippen LogP contribution in [0.2, 0.25) is 0 Å². The molecule has 0 bridgehead atoms. The average molecular weight is 1290 g/mol. The molecule has 24 nitrogen and oxygen atoms in total. The van der Waals surface area contributed by atoms with E-state index in [-0.39, 0.29) is 97.2 Å². The molecule has 2 fully saturated rings. The molecule has 5 aliphatic heterocycles. The Labute approximate surface area is 540 Å². The number of fused-ring (bicyclic) bond motifs is 5. The molecule has 1 unspecified atom stereocenters. The van der Waals surface area contributed by atoms with Gasteiger partial charge in [-0.05, 0) is 118 Å². The van der Waals surface area contributed by atoms with Crippen LogP contribution in [0, 0.1) is 5.92 Å². The highest BCUT2D eigenvalue weighted by Crippen LogP contribution is 2.47. The molecule has 92 heavy (non-hydrogen) atoms. The summed E-state index contributed by atoms with van der Waals surface area (Å²) < 4.78 is 23.9. The van der Waals surface area contributed by atoms with Crippen LogP contribution in [0.4, 0.5) is 26.7 Å². The number of alkyl halides is 1. The molecule has 0 aromatic heterocycles. The first-order valence-corrected chi connectivity index (χ1v) is 32.5. The van der Waals surface area contributed by atoms with Crippen LogP contribution in [0.1, 0.15) is 125 Å². The number of amides is 9. The molecule has 6 N–H and O–H groups in total. The second kappa shape index (κ2) is 31.8. The van der Waals surface area contributed by atoms with E-state index < -0.39 is 54.3 Å². The molecule has 494 valence electrons. The third-order valence-electron chi connectivity index (χ3n) is 17.6. The number of rotatable bonds is 28. The number of imide groups is 1. The van der Waals surface area contributed by atoms with Crippen molar-refractivity contribution in [2.75, 3.05) is 94.1 Å². The summed E-state index contributed by atoms with van der Waals surface area (Å²) in [5.74, 6) is -1.86. The molecule has 0 saturated carbocycles. The van der Waals surface area contributed by atoms with Gasteiger partial charge in [0.05, 0.1) is 36.7 Å². The van der Waals surface area contributed by atoms with Gasteiger partial charge in [0.1, 0.15) is 24.4 Å². The van der Waals surface area contributed by atoms with Gasteiger partial charge in [0.15, 0.2) is 17.7 Å². The molecule has 0 aliphatic carbocycles. The van der Waals surface area contributed by atoms with Gasteiger partial charge < -0.3 is 65.3 Å². The number of nitrogens with zero attached hydrogens (tertiary/aromatic N) is 6. The van der Waals surface area contributed by atoms with E-state index in [1.165, 1.54) is 31.4 Å². The van der Waals surface area contributed by atoms with Crippen LogP contribution in [-0.2, 0) is 40.1 Å². The van der Waals surface area contributed by atoms with Crippen molar-refractivity contribution in [1.82, 2.24) is 30.2 Å². The Morgan fingerprint density at radius 1 is 0.761 bits per heavy atom. The molecule has 4 aromatic rings. The maximum absolute atomic E-state index is 14.3. The molecular weight excluding hydrogens is 1200 g/mol. The second-order valence-electron chi connectivity index (χ2n) is 24.4. The summed E-state index contributed by atoms with van der Waals surface area (Å²) >= 11 is 6.56. The largest absolute Gasteiger partial charge is 0.493 e. The summed E-state index contributed by atoms with van der Waals surface area (Å²) in [5.41, 5.74) is 8.50. The number of benzene rings is 4. The highest BCUT2D eigenvalue weighted by atomic mass is 35.5. The highest BCUT2D eigenvalue weighted by molar-refractivity contribution is 6.19. The topological polar surface area (TPSA) is 292 Å². The van der Waals surface area contributed by atoms with Crippen LogP contribution in [0.25, 0.3) is 10.8 Å². The van der Waals surface area contributed by atoms with E-state index in [0.29, 0.717) is 125 Å². The van der Waals surface area contributed by atoms with E-state index in [1.807, 2.05) is 31.3 Å². The Morgan fingerprint density at radius 2 is 1.47 bits per heavy atom. The number of likely N-dealkylation sites (N-methyl/N-ethyl adjacent to an activating group) is 1. The van der Waals surface area contributed by atoms with Gasteiger partial charge >= 0.3 is 12.2 Å². The lowest BCUT2D eigenvalue weighted by Gasteiger charge is -2.31. The minimum Gasteiger partial charge on any atom is -0.493 e. The van der Waals surface area contributed by atoms with Gasteiger partial charge in [0, 0.05) is 106 Å². The van der Waals surface area contributed by atoms with Gasteiger partial charge in [-0.3, -0.25) is 38.5 Å². The Morgan fingerprint density at radius 3 is 2.17 bits per heavy atom. The lowest BCUT2D eigenvalue weighted by atomic mass is 9.95. The van der Waals surface area contributed by atoms with Crippen LogP contribution in [0.5, 0.6) is 17.2 Å². The van der Waals surface area contributed by atoms with Gasteiger partial charge in [0.25, 0.3) is 17.7 Å². The highest BCUT2D eigenvalue weighted by Gasteiger charge is 2.46. The normalized spacial score (nSPS) is 18.5. The van der Waals surface area contributed by atoms with Crippen molar-refractivity contribution >= 4 is 93.0 Å². The number of hydrogen-bond donors (Lipinski definition) is 5. The van der Waals surface area contributed by atoms with Crippen LogP contribution in [0.3, 0.4) is 0 Å². The molecule has 5 atom stereocenters. The predicted molar refractivity (Wildman–Crippen MR) is 346 cm³/mol. The van der Waals surface area contributed by atoms with Gasteiger partial charge in [-0.2, -0.15) is 0 Å². The average Bonchev–Trinajstić information content (AvgIpc) is 1.57. The maximum atomic E-state index is 14.3. The first-order valence-electron chi connectivity index (χ1n) is 32.0. The summed E-state index contributed by atoms with van der Waals surface area (Å²) in [7, 11) is 3.46. The third-order valence-corrected chi connectivity index (χ3v) is 18.0. The number of aliphatic hydroxyl groups is 1. The number of anilines is 3. The van der Waals surface area contributed by atoms with E-state index >= 15 is 0 Å². The standard InChI is InChI=1S/C67H85ClN10O14/c1-42(2)61(72-56(79)20-7-5-13-29-76-58(81)26-27-59(76)82)63(84)71-49(18-11-12-28-69)62(83)70-45-24-22-43(23-25-45)41-91-67(88)78-51-37-55(54(89-4)36-48(51)64(85)75-30-15-19-50(75)65(78)86)90-35-14-6-8-21-57(80)77-40-44(39-68)60-47-17-10-9-16-46(47)53(38-52(60)77)92-66(87)74-33-31-73(3)32-34-74/h9-10,16-17,22-27,36-38,42,44,49-50,61,65,86H,5-8,11-15,18-21,28-35,39-41,69H2,1-4H3,(H,70,83)(H,71,84)(H,72,79)/t44-,49+,50?,61+,65+/m1/s1. The first kappa shape index (κ1) is 68.1. The van der Waals surface area contributed by atoms with E-state index in [1.54, 1.807) is 58.9 Å². The van der Waals surface area contributed by atoms with E-state index in [2.05, 4.69) is 20.9 Å². The van der Waals surface area contributed by atoms with Crippen molar-refractivity contribution < 1.29 is 67.2 Å². The van der Waals surface area contributed by atoms with Gasteiger partial charge in [0.2, 0.25) is 23.6 Å². The molecule has 4 aromatic carbocycles. The predicted octanol–water partition coefficient (Wildman–Crippen LogP) is 7.16. The summed E-state index contributed by atoms with van der Waals surface area (Å²) in [6.07, 6.45) is 5.70. The number of halogens is 1. The minimum atomic E-state index is -1.48. The number of ether oxygens (including phenoxy) is 4. The monoisotopic (exact) mass is 1290 g/mol. The number of methoxy groups -OCH3 is 1. The Hall–Kier alpha value is -8.32. The van der Waals surface area contributed by atoms with Crippen LogP contribution >= 0.6 is 11.6 Å². The number of unbranched alkanes of at least 4 members (excludes halogenated alkanes) is 5. The van der Waals surface area contributed by atoms with Crippen molar-refractivity contribution in [2.24, 2.45) is 11.7 Å². The Bertz CT molecular complexity index is 3380. The zero-order valence-corrected chi connectivity index (χ0v) is 53.6. The van der Waals surface area contributed by atoms with E-state index in [4.69, 9.17) is 36.3 Å². The quantitative estimate of drug-likeness (QED) is 0.0214. The molecular formula is C67H85ClN10O14. The lowest BCUT2D eigenvalue weighted by Crippen LogP contribution is -2.54. The number of nitrogens with one attached hydrogen (secondary N) is 3. The maximum Gasteiger partial charge on any atom is 0.416 e. The smallest absolute Gasteiger partial charge is 0.416 e. The van der Waals surface area contributed by atoms with E-state index in [0.717, 1.165) is 39.2 Å². The third kappa shape index (κ3) is 16.3. The molecule has 5 heterocycles. The molecule has 9 rings (SSSR count). The van der Waals surface area contributed by atoms with Crippen LogP contribution in [0.15, 0.2) is 78.9 Å². The van der Waals surface area contributed by atoms with Gasteiger partial charge in [-0.1, -0.05) is 56.7 Å². The Balaban J connectivity index is 0.791. The molecule has 25 heteroatoms. The summed E-state index contributed by atoms with van der Waals surface area (Å²) in [6, 6.07) is 16.4. The second-order valence-corrected chi connectivity index (χ2v) is 24.7. The van der Waals surface area contributed by atoms with E-state index in [9.17, 15) is 48.3 Å². The SMILES string of the molecule is COc1cc2c(cc1OCCCCCC(=O)N1C[C@@H](CCl)c3c1cc(OC(=O)N1CCN(C)CC1)c1ccccc31)N(C(=O)OCc1ccc(NC(=O)[C@H](CCCCN)NC(=O)[C@@H](NC(=O)CCCCCN3C(=O)C=CC3=O)C(C)C)cc1)[C@@H](O)C1CCCN1C2=O. The lowest BCUT2D eigenvalue weighted by molar-refractivity contribution is -0.137. The van der Waals surface area contributed by atoms with Gasteiger partial charge in [-0.25, -0.2) is 14.5 Å². The summed E-state index contributed by atoms with van der Waals surface area (Å²) in [5, 5.41) is 22.1. The molecule has 9 amide bonds. The fourth-order valence-corrected chi connectivity index (χ4v) is 12.7. The number of aliphatic hydroxyl groups excluding tert-OH is 1. The fraction of sp³-hybridized carbons (Fsp3) is 0.507. The van der Waals surface area contributed by atoms with Gasteiger partial charge in [-0.15, -0.1) is 11.6 Å². The van der Waals surface area contributed by atoms with Crippen molar-refractivity contribution in [3.05, 3.63) is 95.6 Å². The molecule has 2 saturated heterocycles. The Kier molecular flexibility index (Phi) is 23.5. The summed E-state index contributed by atoms with van der Waals surface area (Å²) in [4.78, 5) is 130. The first-order chi connectivity index (χ1) is 44.4. The van der Waals surface area contributed by atoms with Crippen LogP contribution < -0.4 is 45.7 Å². The number of carbonyl (C=O) groups is 9. The van der Waals surface area contributed by atoms with Crippen molar-refractivity contribution in [1.29, 1.82) is 0 Å². The zero-order valence-electron chi connectivity index (χ0n) is 52.8. The zero-order chi connectivity index (χ0) is 65.6. The minimum absolute atomic E-state index is 0.0700. The molecule has 5 aliphatic rings. The number of piperazine rings is 1. The van der Waals surface area contributed by atoms with Crippen LogP contribution in [-0.4, -0.2) is 182 Å². The molecule has 0 radical (unpaired) electrons. The number of nitrogens with two attached hydrogens (primary N) is 1.